The van der Waals surface area contributed by atoms with E-state index in [-0.39, 0.29) is 10.6 Å². The third kappa shape index (κ3) is 2.82. The monoisotopic (exact) mass is 288 g/mol. The highest BCUT2D eigenvalue weighted by Crippen LogP contribution is 2.21. The third-order valence-corrected chi connectivity index (χ3v) is 3.76. The van der Waals surface area contributed by atoms with E-state index in [2.05, 4.69) is 15.9 Å². The molecule has 82 valence electrons. The van der Waals surface area contributed by atoms with Gasteiger partial charge in [0.15, 0.2) is 5.78 Å². The number of carbonyl (C=O) groups excluding carboxylic acids is 1. The van der Waals surface area contributed by atoms with Gasteiger partial charge in [-0.1, -0.05) is 33.6 Å². The van der Waals surface area contributed by atoms with Gasteiger partial charge < -0.3 is 0 Å². The summed E-state index contributed by atoms with van der Waals surface area (Å²) in [5, 5.41) is 0. The molecule has 0 aromatic heterocycles. The van der Waals surface area contributed by atoms with Crippen LogP contribution >= 0.6 is 27.5 Å². The van der Waals surface area contributed by atoms with Crippen molar-refractivity contribution in [2.75, 3.05) is 5.88 Å². The molecule has 0 N–H and O–H groups in total. The summed E-state index contributed by atoms with van der Waals surface area (Å²) in [6, 6.07) is 4.04. The number of aryl methyl sites for hydroxylation is 3. The van der Waals surface area contributed by atoms with Crippen LogP contribution in [-0.4, -0.2) is 16.5 Å². The smallest absolute Gasteiger partial charge is 0.178 e. The van der Waals surface area contributed by atoms with Crippen LogP contribution in [0.15, 0.2) is 12.1 Å². The maximum atomic E-state index is 12.0. The molecule has 0 saturated heterocycles. The molecule has 0 aliphatic carbocycles. The molecule has 0 aliphatic rings. The molecule has 0 saturated carbocycles. The number of halogens is 2. The molecule has 1 unspecified atom stereocenters. The Balaban J connectivity index is 3.20. The van der Waals surface area contributed by atoms with Crippen molar-refractivity contribution in [1.29, 1.82) is 0 Å². The maximum Gasteiger partial charge on any atom is 0.178 e. The lowest BCUT2D eigenvalue weighted by atomic mass is 9.95. The fourth-order valence-electron chi connectivity index (χ4n) is 1.80. The Kier molecular flexibility index (Phi) is 4.35. The Labute approximate surface area is 104 Å². The van der Waals surface area contributed by atoms with E-state index in [0.717, 1.165) is 16.7 Å². The molecular formula is C12H14BrClO. The van der Waals surface area contributed by atoms with E-state index < -0.39 is 0 Å². The van der Waals surface area contributed by atoms with Crippen LogP contribution in [0.3, 0.4) is 0 Å². The molecule has 1 atom stereocenters. The Morgan fingerprint density at radius 3 is 2.20 bits per heavy atom. The van der Waals surface area contributed by atoms with Crippen LogP contribution in [0, 0.1) is 20.8 Å². The van der Waals surface area contributed by atoms with Crippen molar-refractivity contribution in [2.24, 2.45) is 0 Å². The molecule has 1 nitrogen and oxygen atoms in total. The fraction of sp³-hybridized carbons (Fsp3) is 0.417. The van der Waals surface area contributed by atoms with Crippen molar-refractivity contribution in [2.45, 2.75) is 25.6 Å². The van der Waals surface area contributed by atoms with Crippen LogP contribution < -0.4 is 0 Å². The average Bonchev–Trinajstić information content (AvgIpc) is 2.14. The summed E-state index contributed by atoms with van der Waals surface area (Å²) in [5.74, 6) is 0.367. The standard InChI is InChI=1S/C12H14BrClO/c1-7-4-8(2)11(9(3)5-7)12(15)10(13)6-14/h4-5,10H,6H2,1-3H3. The summed E-state index contributed by atoms with van der Waals surface area (Å²) in [5.41, 5.74) is 4.01. The minimum absolute atomic E-state index is 0.0694. The average molecular weight is 290 g/mol. The first kappa shape index (κ1) is 12.7. The highest BCUT2D eigenvalue weighted by Gasteiger charge is 2.19. The molecule has 1 aromatic carbocycles. The van der Waals surface area contributed by atoms with Crippen molar-refractivity contribution in [3.63, 3.8) is 0 Å². The minimum atomic E-state index is -0.292. The number of Topliss-reactive ketones (excluding diaryl/α,β-unsaturated/α-hetero) is 1. The number of hydrogen-bond donors (Lipinski definition) is 0. The van der Waals surface area contributed by atoms with Crippen molar-refractivity contribution >= 4 is 33.3 Å². The number of benzene rings is 1. The van der Waals surface area contributed by atoms with Gasteiger partial charge in [-0.3, -0.25) is 4.79 Å². The minimum Gasteiger partial charge on any atom is -0.293 e. The molecule has 0 heterocycles. The van der Waals surface area contributed by atoms with Gasteiger partial charge in [-0.25, -0.2) is 0 Å². The quantitative estimate of drug-likeness (QED) is 0.611. The number of ketones is 1. The molecule has 15 heavy (non-hydrogen) atoms. The number of hydrogen-bond acceptors (Lipinski definition) is 1. The van der Waals surface area contributed by atoms with Crippen LogP contribution in [0.25, 0.3) is 0 Å². The van der Waals surface area contributed by atoms with Gasteiger partial charge in [-0.05, 0) is 31.9 Å². The number of alkyl halides is 2. The Hall–Kier alpha value is -0.340. The van der Waals surface area contributed by atoms with E-state index >= 15 is 0 Å². The van der Waals surface area contributed by atoms with Gasteiger partial charge in [0, 0.05) is 11.4 Å². The second-order valence-corrected chi connectivity index (χ2v) is 5.17. The van der Waals surface area contributed by atoms with Crippen LogP contribution in [0.2, 0.25) is 0 Å². The summed E-state index contributed by atoms with van der Waals surface area (Å²) in [6.45, 7) is 5.95. The normalized spacial score (nSPS) is 12.6. The van der Waals surface area contributed by atoms with E-state index in [1.54, 1.807) is 0 Å². The zero-order valence-corrected chi connectivity index (χ0v) is 11.4. The van der Waals surface area contributed by atoms with Crippen molar-refractivity contribution < 1.29 is 4.79 Å². The Morgan fingerprint density at radius 2 is 1.80 bits per heavy atom. The highest BCUT2D eigenvalue weighted by molar-refractivity contribution is 9.10. The third-order valence-electron chi connectivity index (χ3n) is 2.34. The summed E-state index contributed by atoms with van der Waals surface area (Å²) in [4.78, 5) is 11.7. The molecule has 0 fully saturated rings. The molecule has 0 radical (unpaired) electrons. The SMILES string of the molecule is Cc1cc(C)c(C(=O)C(Br)CCl)c(C)c1. The van der Waals surface area contributed by atoms with Crippen molar-refractivity contribution in [3.8, 4) is 0 Å². The lowest BCUT2D eigenvalue weighted by Crippen LogP contribution is -2.18. The van der Waals surface area contributed by atoms with Gasteiger partial charge in [0.1, 0.15) is 0 Å². The first-order valence-corrected chi connectivity index (χ1v) is 6.24. The van der Waals surface area contributed by atoms with Gasteiger partial charge in [0.05, 0.1) is 4.83 Å². The highest BCUT2D eigenvalue weighted by atomic mass is 79.9. The molecule has 0 aliphatic heterocycles. The summed E-state index contributed by atoms with van der Waals surface area (Å²) in [7, 11) is 0. The van der Waals surface area contributed by atoms with Crippen molar-refractivity contribution in [3.05, 3.63) is 34.4 Å². The predicted molar refractivity (Wildman–Crippen MR) is 68.4 cm³/mol. The lowest BCUT2D eigenvalue weighted by Gasteiger charge is -2.12. The molecular weight excluding hydrogens is 275 g/mol. The first-order valence-electron chi connectivity index (χ1n) is 4.79. The molecule has 0 spiro atoms. The topological polar surface area (TPSA) is 17.1 Å². The van der Waals surface area contributed by atoms with Crippen LogP contribution in [0.4, 0.5) is 0 Å². The van der Waals surface area contributed by atoms with Crippen molar-refractivity contribution in [1.82, 2.24) is 0 Å². The number of rotatable bonds is 3. The molecule has 1 rings (SSSR count). The largest absolute Gasteiger partial charge is 0.293 e. The lowest BCUT2D eigenvalue weighted by molar-refractivity contribution is 0.0995. The predicted octanol–water partition coefficient (Wildman–Crippen LogP) is 3.80. The Morgan fingerprint density at radius 1 is 1.33 bits per heavy atom. The van der Waals surface area contributed by atoms with E-state index in [0.29, 0.717) is 5.88 Å². The van der Waals surface area contributed by atoms with Gasteiger partial charge in [0.25, 0.3) is 0 Å². The summed E-state index contributed by atoms with van der Waals surface area (Å²) < 4.78 is 0. The van der Waals surface area contributed by atoms with Crippen LogP contribution in [-0.2, 0) is 0 Å². The molecule has 3 heteroatoms. The van der Waals surface area contributed by atoms with Gasteiger partial charge in [-0.2, -0.15) is 0 Å². The second-order valence-electron chi connectivity index (χ2n) is 3.76. The van der Waals surface area contributed by atoms with Gasteiger partial charge in [0.2, 0.25) is 0 Å². The van der Waals surface area contributed by atoms with E-state index in [1.165, 1.54) is 5.56 Å². The molecule has 0 amide bonds. The summed E-state index contributed by atoms with van der Waals surface area (Å²) in [6.07, 6.45) is 0. The zero-order chi connectivity index (χ0) is 11.6. The van der Waals surface area contributed by atoms with Gasteiger partial charge in [-0.15, -0.1) is 11.6 Å². The first-order chi connectivity index (χ1) is 6.97. The fourth-order valence-corrected chi connectivity index (χ4v) is 2.16. The summed E-state index contributed by atoms with van der Waals surface area (Å²) >= 11 is 8.95. The maximum absolute atomic E-state index is 12.0. The second kappa shape index (κ2) is 5.13. The molecule has 1 aromatic rings. The van der Waals surface area contributed by atoms with E-state index in [4.69, 9.17) is 11.6 Å². The Bertz CT molecular complexity index is 364. The molecule has 0 bridgehead atoms. The van der Waals surface area contributed by atoms with Crippen LogP contribution in [0.1, 0.15) is 27.0 Å². The van der Waals surface area contributed by atoms with E-state index in [9.17, 15) is 4.79 Å². The zero-order valence-electron chi connectivity index (χ0n) is 9.10. The van der Waals surface area contributed by atoms with Crippen LogP contribution in [0.5, 0.6) is 0 Å². The van der Waals surface area contributed by atoms with E-state index in [1.807, 2.05) is 32.9 Å². The van der Waals surface area contributed by atoms with Gasteiger partial charge >= 0.3 is 0 Å². The number of carbonyl (C=O) groups is 1.